The van der Waals surface area contributed by atoms with Crippen LogP contribution in [0.25, 0.3) is 0 Å². The number of methoxy groups -OCH3 is 1. The third-order valence-electron chi connectivity index (χ3n) is 5.42. The number of ether oxygens (including phenoxy) is 3. The van der Waals surface area contributed by atoms with E-state index in [1.165, 1.54) is 45.4 Å². The molecule has 1 amide bonds. The van der Waals surface area contributed by atoms with Crippen molar-refractivity contribution in [2.45, 2.75) is 32.7 Å². The second kappa shape index (κ2) is 11.9. The number of carbonyl (C=O) groups is 3. The number of carbonyl (C=O) groups excluding carboxylic acids is 3. The van der Waals surface area contributed by atoms with Crippen molar-refractivity contribution < 1.29 is 33.0 Å². The number of amides is 1. The van der Waals surface area contributed by atoms with Crippen molar-refractivity contribution in [2.24, 2.45) is 0 Å². The van der Waals surface area contributed by atoms with Gasteiger partial charge in [-0.15, -0.1) is 0 Å². The van der Waals surface area contributed by atoms with Crippen LogP contribution in [0.1, 0.15) is 46.9 Å². The predicted octanol–water partition coefficient (Wildman–Crippen LogP) is 4.47. The van der Waals surface area contributed by atoms with Crippen LogP contribution in [0, 0.1) is 12.7 Å². The topological polar surface area (TPSA) is 104 Å². The molecule has 192 valence electrons. The monoisotopic (exact) mass is 506 g/mol. The maximum Gasteiger partial charge on any atom is 0.333 e. The van der Waals surface area contributed by atoms with E-state index in [1.807, 2.05) is 31.2 Å². The van der Waals surface area contributed by atoms with Crippen LogP contribution < -0.4 is 14.8 Å². The number of benzene rings is 2. The number of hydrogen-bond donors (Lipinski definition) is 1. The summed E-state index contributed by atoms with van der Waals surface area (Å²) in [5.41, 5.74) is 2.27. The van der Waals surface area contributed by atoms with Crippen molar-refractivity contribution in [1.29, 1.82) is 0 Å². The molecule has 37 heavy (non-hydrogen) atoms. The Hall–Kier alpha value is -4.53. The Labute approximate surface area is 214 Å². The predicted molar refractivity (Wildman–Crippen MR) is 134 cm³/mol. The second-order valence-corrected chi connectivity index (χ2v) is 8.26. The number of esters is 2. The lowest BCUT2D eigenvalue weighted by molar-refractivity contribution is -0.141. The molecule has 1 unspecified atom stereocenters. The van der Waals surface area contributed by atoms with Gasteiger partial charge in [0.2, 0.25) is 5.75 Å². The fourth-order valence-corrected chi connectivity index (χ4v) is 3.57. The van der Waals surface area contributed by atoms with Crippen LogP contribution in [0.3, 0.4) is 0 Å². The number of aromatic nitrogens is 1. The summed E-state index contributed by atoms with van der Waals surface area (Å²) in [4.78, 5) is 41.2. The van der Waals surface area contributed by atoms with Crippen molar-refractivity contribution in [2.75, 3.05) is 7.11 Å². The van der Waals surface area contributed by atoms with Crippen molar-refractivity contribution in [1.82, 2.24) is 10.3 Å². The maximum atomic E-state index is 13.5. The van der Waals surface area contributed by atoms with E-state index in [-0.39, 0.29) is 23.0 Å². The van der Waals surface area contributed by atoms with Crippen LogP contribution in [0.15, 0.2) is 73.1 Å². The summed E-state index contributed by atoms with van der Waals surface area (Å²) in [6.45, 7) is 8.49. The lowest BCUT2D eigenvalue weighted by Crippen LogP contribution is -2.40. The summed E-state index contributed by atoms with van der Waals surface area (Å²) >= 11 is 0. The van der Waals surface area contributed by atoms with E-state index in [1.54, 1.807) is 12.1 Å². The first-order valence-electron chi connectivity index (χ1n) is 11.4. The molecule has 1 N–H and O–H groups in total. The van der Waals surface area contributed by atoms with E-state index in [4.69, 9.17) is 14.2 Å². The van der Waals surface area contributed by atoms with E-state index < -0.39 is 35.6 Å². The van der Waals surface area contributed by atoms with Crippen LogP contribution in [-0.2, 0) is 14.3 Å². The number of rotatable bonds is 9. The minimum atomic E-state index is -1.12. The number of aryl methyl sites for hydroxylation is 1. The zero-order chi connectivity index (χ0) is 27.1. The standard InChI is InChI=1S/C28H27FN2O6/c1-16-6-8-20(9-7-16)24(21-10-12-22(29)13-11-21)18(3)36-28(34)17(2)31-27(33)25-26(37-19(4)32)23(35-5)14-15-30-25/h6-15,17,24H,3H2,1-2,4-5H3,(H,31,33)/t17-,24?/m0/s1. The van der Waals surface area contributed by atoms with Gasteiger partial charge in [-0.2, -0.15) is 0 Å². The SMILES string of the molecule is C=C(OC(=O)[C@H](C)NC(=O)c1nccc(OC)c1OC(C)=O)C(c1ccc(C)cc1)c1ccc(F)cc1. The van der Waals surface area contributed by atoms with Gasteiger partial charge in [0.05, 0.1) is 13.0 Å². The fraction of sp³-hybridized carbons (Fsp3) is 0.214. The Morgan fingerprint density at radius 3 is 2.16 bits per heavy atom. The van der Waals surface area contributed by atoms with Crippen molar-refractivity contribution >= 4 is 17.8 Å². The van der Waals surface area contributed by atoms with E-state index in [2.05, 4.69) is 16.9 Å². The molecule has 0 radical (unpaired) electrons. The quantitative estimate of drug-likeness (QED) is 0.337. The number of allylic oxidation sites excluding steroid dienone is 1. The van der Waals surface area contributed by atoms with Gasteiger partial charge in [0, 0.05) is 19.2 Å². The average molecular weight is 507 g/mol. The Morgan fingerprint density at radius 1 is 1.00 bits per heavy atom. The molecule has 0 aliphatic carbocycles. The van der Waals surface area contributed by atoms with Gasteiger partial charge < -0.3 is 19.5 Å². The Bertz CT molecular complexity index is 1260. The number of halogens is 1. The zero-order valence-corrected chi connectivity index (χ0v) is 20.9. The van der Waals surface area contributed by atoms with Crippen LogP contribution in [0.2, 0.25) is 0 Å². The maximum absolute atomic E-state index is 13.5. The highest BCUT2D eigenvalue weighted by Gasteiger charge is 2.27. The number of pyridine rings is 1. The van der Waals surface area contributed by atoms with Gasteiger partial charge in [0.1, 0.15) is 17.6 Å². The third kappa shape index (κ3) is 6.78. The van der Waals surface area contributed by atoms with E-state index >= 15 is 0 Å². The first kappa shape index (κ1) is 27.1. The average Bonchev–Trinajstić information content (AvgIpc) is 2.86. The van der Waals surface area contributed by atoms with Gasteiger partial charge in [-0.25, -0.2) is 14.2 Å². The Morgan fingerprint density at radius 2 is 1.59 bits per heavy atom. The summed E-state index contributed by atoms with van der Waals surface area (Å²) in [6, 6.07) is 13.7. The molecule has 3 aromatic rings. The van der Waals surface area contributed by atoms with Crippen molar-refractivity contribution in [3.63, 3.8) is 0 Å². The highest BCUT2D eigenvalue weighted by atomic mass is 19.1. The first-order valence-corrected chi connectivity index (χ1v) is 11.4. The molecule has 0 saturated carbocycles. The normalized spacial score (nSPS) is 12.1. The fourth-order valence-electron chi connectivity index (χ4n) is 3.57. The number of nitrogens with zero attached hydrogens (tertiary/aromatic N) is 1. The number of nitrogens with one attached hydrogen (secondary N) is 1. The Kier molecular flexibility index (Phi) is 8.73. The summed E-state index contributed by atoms with van der Waals surface area (Å²) < 4.78 is 29.3. The zero-order valence-electron chi connectivity index (χ0n) is 20.9. The molecule has 0 aliphatic heterocycles. The molecule has 0 spiro atoms. The van der Waals surface area contributed by atoms with Crippen LogP contribution in [0.5, 0.6) is 11.5 Å². The van der Waals surface area contributed by atoms with Crippen LogP contribution in [0.4, 0.5) is 4.39 Å². The van der Waals surface area contributed by atoms with E-state index in [0.29, 0.717) is 5.56 Å². The molecular formula is C28H27FN2O6. The molecule has 0 saturated heterocycles. The van der Waals surface area contributed by atoms with Gasteiger partial charge in [0.15, 0.2) is 11.4 Å². The van der Waals surface area contributed by atoms with Gasteiger partial charge in [0.25, 0.3) is 5.91 Å². The molecule has 2 aromatic carbocycles. The molecule has 0 aliphatic rings. The molecule has 0 fully saturated rings. The first-order chi connectivity index (χ1) is 17.6. The Balaban J connectivity index is 1.79. The van der Waals surface area contributed by atoms with Crippen LogP contribution >= 0.6 is 0 Å². The van der Waals surface area contributed by atoms with E-state index in [0.717, 1.165) is 11.1 Å². The molecule has 1 heterocycles. The summed E-state index contributed by atoms with van der Waals surface area (Å²) in [5.74, 6) is -3.15. The summed E-state index contributed by atoms with van der Waals surface area (Å²) in [6.07, 6.45) is 1.31. The minimum absolute atomic E-state index is 0.0988. The highest BCUT2D eigenvalue weighted by molar-refractivity contribution is 5.98. The molecular weight excluding hydrogens is 479 g/mol. The molecule has 2 atom stereocenters. The van der Waals surface area contributed by atoms with E-state index in [9.17, 15) is 18.8 Å². The van der Waals surface area contributed by atoms with Gasteiger partial charge >= 0.3 is 11.9 Å². The van der Waals surface area contributed by atoms with Gasteiger partial charge in [-0.3, -0.25) is 9.59 Å². The molecule has 3 rings (SSSR count). The smallest absolute Gasteiger partial charge is 0.333 e. The van der Waals surface area contributed by atoms with Crippen molar-refractivity contribution in [3.05, 3.63) is 101 Å². The lowest BCUT2D eigenvalue weighted by Gasteiger charge is -2.22. The third-order valence-corrected chi connectivity index (χ3v) is 5.42. The minimum Gasteiger partial charge on any atom is -0.493 e. The molecule has 8 nitrogen and oxygen atoms in total. The molecule has 1 aromatic heterocycles. The molecule has 9 heteroatoms. The molecule has 0 bridgehead atoms. The van der Waals surface area contributed by atoms with Crippen LogP contribution in [-0.4, -0.2) is 36.0 Å². The summed E-state index contributed by atoms with van der Waals surface area (Å²) in [7, 11) is 1.35. The largest absolute Gasteiger partial charge is 0.493 e. The summed E-state index contributed by atoms with van der Waals surface area (Å²) in [5, 5.41) is 2.49. The van der Waals surface area contributed by atoms with Crippen molar-refractivity contribution in [3.8, 4) is 11.5 Å². The van der Waals surface area contributed by atoms with Gasteiger partial charge in [-0.1, -0.05) is 48.5 Å². The lowest BCUT2D eigenvalue weighted by atomic mass is 9.89. The second-order valence-electron chi connectivity index (χ2n) is 8.26. The van der Waals surface area contributed by atoms with Gasteiger partial charge in [-0.05, 0) is 37.1 Å². The number of hydrogen-bond acceptors (Lipinski definition) is 7. The highest BCUT2D eigenvalue weighted by Crippen LogP contribution is 2.33.